The summed E-state index contributed by atoms with van der Waals surface area (Å²) in [6, 6.07) is 1.81. The summed E-state index contributed by atoms with van der Waals surface area (Å²) in [5.41, 5.74) is 1.74. The van der Waals surface area contributed by atoms with Crippen LogP contribution in [0.5, 0.6) is 0 Å². The van der Waals surface area contributed by atoms with E-state index in [1.54, 1.807) is 6.20 Å². The monoisotopic (exact) mass is 164 g/mol. The molecule has 3 heteroatoms. The Balaban J connectivity index is 2.89. The van der Waals surface area contributed by atoms with E-state index in [-0.39, 0.29) is 6.61 Å². The first-order valence-electron chi connectivity index (χ1n) is 3.80. The molecule has 0 radical (unpaired) electrons. The van der Waals surface area contributed by atoms with E-state index in [1.807, 2.05) is 26.0 Å². The number of aromatic nitrogens is 2. The third kappa shape index (κ3) is 2.43. The number of hydrogen-bond donors (Lipinski definition) is 1. The van der Waals surface area contributed by atoms with Gasteiger partial charge in [-0.3, -0.25) is 0 Å². The number of hydrogen-bond acceptors (Lipinski definition) is 3. The first-order valence-corrected chi connectivity index (χ1v) is 3.80. The van der Waals surface area contributed by atoms with Crippen LogP contribution >= 0.6 is 0 Å². The minimum atomic E-state index is 0.0725. The average molecular weight is 164 g/mol. The van der Waals surface area contributed by atoms with E-state index >= 15 is 0 Å². The molecular weight excluding hydrogens is 152 g/mol. The number of aryl methyl sites for hydroxylation is 1. The van der Waals surface area contributed by atoms with E-state index in [9.17, 15) is 0 Å². The molecule has 12 heavy (non-hydrogen) atoms. The van der Waals surface area contributed by atoms with Gasteiger partial charge in [-0.1, -0.05) is 0 Å². The Morgan fingerprint density at radius 2 is 2.42 bits per heavy atom. The Morgan fingerprint density at radius 1 is 1.67 bits per heavy atom. The summed E-state index contributed by atoms with van der Waals surface area (Å²) in [4.78, 5) is 8.13. The van der Waals surface area contributed by atoms with Crippen molar-refractivity contribution in [2.24, 2.45) is 0 Å². The molecule has 0 spiro atoms. The van der Waals surface area contributed by atoms with Crippen molar-refractivity contribution < 1.29 is 5.11 Å². The second-order valence-electron chi connectivity index (χ2n) is 2.68. The van der Waals surface area contributed by atoms with Crippen molar-refractivity contribution in [2.45, 2.75) is 13.8 Å². The molecule has 1 aromatic rings. The summed E-state index contributed by atoms with van der Waals surface area (Å²) >= 11 is 0. The van der Waals surface area contributed by atoms with Gasteiger partial charge in [0.1, 0.15) is 5.82 Å². The highest BCUT2D eigenvalue weighted by atomic mass is 16.3. The Morgan fingerprint density at radius 3 is 3.00 bits per heavy atom. The molecule has 0 amide bonds. The van der Waals surface area contributed by atoms with Crippen molar-refractivity contribution in [1.82, 2.24) is 9.97 Å². The molecular formula is C9H12N2O. The van der Waals surface area contributed by atoms with Crippen LogP contribution in [0.1, 0.15) is 18.4 Å². The molecule has 0 atom stereocenters. The molecule has 3 nitrogen and oxygen atoms in total. The summed E-state index contributed by atoms with van der Waals surface area (Å²) in [6.45, 7) is 3.77. The van der Waals surface area contributed by atoms with E-state index in [2.05, 4.69) is 9.97 Å². The van der Waals surface area contributed by atoms with Crippen molar-refractivity contribution >= 4 is 6.08 Å². The minimum Gasteiger partial charge on any atom is -0.392 e. The zero-order valence-corrected chi connectivity index (χ0v) is 7.28. The Labute approximate surface area is 71.8 Å². The van der Waals surface area contributed by atoms with Crippen LogP contribution in [0.25, 0.3) is 6.08 Å². The molecule has 0 aliphatic heterocycles. The number of rotatable bonds is 2. The van der Waals surface area contributed by atoms with Crippen molar-refractivity contribution in [1.29, 1.82) is 0 Å². The first-order chi connectivity index (χ1) is 5.72. The van der Waals surface area contributed by atoms with Gasteiger partial charge in [0.15, 0.2) is 0 Å². The highest BCUT2D eigenvalue weighted by molar-refractivity contribution is 5.47. The minimum absolute atomic E-state index is 0.0725. The van der Waals surface area contributed by atoms with Crippen molar-refractivity contribution in [3.63, 3.8) is 0 Å². The molecule has 1 heterocycles. The van der Waals surface area contributed by atoms with Gasteiger partial charge in [0.25, 0.3) is 0 Å². The van der Waals surface area contributed by atoms with Gasteiger partial charge in [-0.05, 0) is 31.6 Å². The lowest BCUT2D eigenvalue weighted by molar-refractivity contribution is 0.332. The third-order valence-electron chi connectivity index (χ3n) is 1.44. The molecule has 64 valence electrons. The fourth-order valence-corrected chi connectivity index (χ4v) is 0.853. The lowest BCUT2D eigenvalue weighted by atomic mass is 10.2. The Kier molecular flexibility index (Phi) is 2.94. The molecule has 0 unspecified atom stereocenters. The number of aliphatic hydroxyl groups is 1. The SMILES string of the molecule is C/C(=C/c1ccnc(C)n1)CO. The van der Waals surface area contributed by atoms with E-state index in [0.29, 0.717) is 0 Å². The molecule has 0 bridgehead atoms. The van der Waals surface area contributed by atoms with Crippen LogP contribution in [-0.2, 0) is 0 Å². The van der Waals surface area contributed by atoms with Crippen molar-refractivity contribution in [2.75, 3.05) is 6.61 Å². The zero-order chi connectivity index (χ0) is 8.97. The Bertz CT molecular complexity index is 294. The summed E-state index contributed by atoms with van der Waals surface area (Å²) in [5.74, 6) is 0.745. The lowest BCUT2D eigenvalue weighted by Crippen LogP contribution is -1.90. The van der Waals surface area contributed by atoms with Crippen molar-refractivity contribution in [3.8, 4) is 0 Å². The van der Waals surface area contributed by atoms with Crippen LogP contribution < -0.4 is 0 Å². The molecule has 1 aromatic heterocycles. The zero-order valence-electron chi connectivity index (χ0n) is 7.28. The maximum absolute atomic E-state index is 8.75. The first kappa shape index (κ1) is 8.87. The molecule has 0 aliphatic carbocycles. The topological polar surface area (TPSA) is 46.0 Å². The van der Waals surface area contributed by atoms with E-state index in [1.165, 1.54) is 0 Å². The van der Waals surface area contributed by atoms with Crippen LogP contribution in [0, 0.1) is 6.92 Å². The maximum Gasteiger partial charge on any atom is 0.125 e. The smallest absolute Gasteiger partial charge is 0.125 e. The quantitative estimate of drug-likeness (QED) is 0.714. The highest BCUT2D eigenvalue weighted by Crippen LogP contribution is 2.02. The molecule has 0 aliphatic rings. The van der Waals surface area contributed by atoms with Gasteiger partial charge >= 0.3 is 0 Å². The van der Waals surface area contributed by atoms with Crippen LogP contribution in [0.15, 0.2) is 17.8 Å². The third-order valence-corrected chi connectivity index (χ3v) is 1.44. The predicted molar refractivity (Wildman–Crippen MR) is 47.5 cm³/mol. The van der Waals surface area contributed by atoms with Crippen molar-refractivity contribution in [3.05, 3.63) is 29.4 Å². The fraction of sp³-hybridized carbons (Fsp3) is 0.333. The van der Waals surface area contributed by atoms with Gasteiger partial charge < -0.3 is 5.11 Å². The fourth-order valence-electron chi connectivity index (χ4n) is 0.853. The predicted octanol–water partition coefficient (Wildman–Crippen LogP) is 1.18. The summed E-state index contributed by atoms with van der Waals surface area (Å²) in [7, 11) is 0. The van der Waals surface area contributed by atoms with E-state index < -0.39 is 0 Å². The molecule has 1 rings (SSSR count). The largest absolute Gasteiger partial charge is 0.392 e. The number of aliphatic hydroxyl groups excluding tert-OH is 1. The van der Waals surface area contributed by atoms with Gasteiger partial charge in [-0.15, -0.1) is 0 Å². The van der Waals surface area contributed by atoms with Crippen LogP contribution in [-0.4, -0.2) is 21.7 Å². The molecule has 0 saturated carbocycles. The van der Waals surface area contributed by atoms with E-state index in [0.717, 1.165) is 17.1 Å². The second-order valence-corrected chi connectivity index (χ2v) is 2.68. The molecule has 1 N–H and O–H groups in total. The Hall–Kier alpha value is -1.22. The summed E-state index contributed by atoms with van der Waals surface area (Å²) in [5, 5.41) is 8.75. The normalized spacial score (nSPS) is 11.8. The molecule has 0 saturated heterocycles. The van der Waals surface area contributed by atoms with Crippen LogP contribution in [0.2, 0.25) is 0 Å². The van der Waals surface area contributed by atoms with Gasteiger partial charge in [0, 0.05) is 6.20 Å². The second kappa shape index (κ2) is 3.97. The maximum atomic E-state index is 8.75. The lowest BCUT2D eigenvalue weighted by Gasteiger charge is -1.96. The van der Waals surface area contributed by atoms with Gasteiger partial charge in [0.05, 0.1) is 12.3 Å². The summed E-state index contributed by atoms with van der Waals surface area (Å²) < 4.78 is 0. The average Bonchev–Trinajstić information content (AvgIpc) is 2.04. The van der Waals surface area contributed by atoms with Gasteiger partial charge in [-0.25, -0.2) is 9.97 Å². The molecule has 0 aromatic carbocycles. The van der Waals surface area contributed by atoms with Crippen LogP contribution in [0.3, 0.4) is 0 Å². The molecule has 0 fully saturated rings. The van der Waals surface area contributed by atoms with Crippen LogP contribution in [0.4, 0.5) is 0 Å². The standard InChI is InChI=1S/C9H12N2O/c1-7(6-12)5-9-3-4-10-8(2)11-9/h3-5,12H,6H2,1-2H3/b7-5-. The van der Waals surface area contributed by atoms with Gasteiger partial charge in [-0.2, -0.15) is 0 Å². The van der Waals surface area contributed by atoms with Gasteiger partial charge in [0.2, 0.25) is 0 Å². The summed E-state index contributed by atoms with van der Waals surface area (Å²) in [6.07, 6.45) is 3.55. The highest BCUT2D eigenvalue weighted by Gasteiger charge is 1.91. The number of nitrogens with zero attached hydrogens (tertiary/aromatic N) is 2. The van der Waals surface area contributed by atoms with E-state index in [4.69, 9.17) is 5.11 Å².